The van der Waals surface area contributed by atoms with Gasteiger partial charge < -0.3 is 19.9 Å². The molecule has 100 valence electrons. The zero-order valence-electron chi connectivity index (χ0n) is 10.5. The number of nitrogens with one attached hydrogen (secondary N) is 1. The number of rotatable bonds is 9. The van der Waals surface area contributed by atoms with Gasteiger partial charge in [-0.1, -0.05) is 0 Å². The minimum atomic E-state index is -0.796. The summed E-state index contributed by atoms with van der Waals surface area (Å²) in [5.41, 5.74) is 0. The Bertz CT molecular complexity index is 351. The summed E-state index contributed by atoms with van der Waals surface area (Å²) in [4.78, 5) is 10.3. The number of hydrogen-bond acceptors (Lipinski definition) is 4. The molecule has 0 heterocycles. The molecule has 0 aliphatic carbocycles. The molecule has 0 amide bonds. The van der Waals surface area contributed by atoms with Crippen LogP contribution in [0, 0.1) is 0 Å². The quantitative estimate of drug-likeness (QED) is 0.653. The minimum absolute atomic E-state index is 0.128. The number of aliphatic carboxylic acids is 1. The fourth-order valence-electron chi connectivity index (χ4n) is 1.36. The Morgan fingerprint density at radius 1 is 1.17 bits per heavy atom. The van der Waals surface area contributed by atoms with Gasteiger partial charge in [0.1, 0.15) is 18.1 Å². The highest BCUT2D eigenvalue weighted by Gasteiger charge is 1.97. The standard InChI is InChI=1S/C13H19NO4/c1-2-17-11-3-5-12(6-4-11)18-10-9-14-8-7-13(15)16/h3-6,14H,2,7-10H2,1H3,(H,15,16). The van der Waals surface area contributed by atoms with E-state index in [2.05, 4.69) is 5.32 Å². The Labute approximate surface area is 107 Å². The highest BCUT2D eigenvalue weighted by molar-refractivity contribution is 5.66. The number of carboxylic acid groups (broad SMARTS) is 1. The first-order chi connectivity index (χ1) is 8.72. The molecule has 5 nitrogen and oxygen atoms in total. The molecule has 0 spiro atoms. The third kappa shape index (κ3) is 6.10. The monoisotopic (exact) mass is 253 g/mol. The van der Waals surface area contributed by atoms with Crippen molar-refractivity contribution >= 4 is 5.97 Å². The molecule has 0 unspecified atom stereocenters. The van der Waals surface area contributed by atoms with Gasteiger partial charge in [0.05, 0.1) is 13.0 Å². The fraction of sp³-hybridized carbons (Fsp3) is 0.462. The average Bonchev–Trinajstić information content (AvgIpc) is 2.35. The number of carbonyl (C=O) groups is 1. The third-order valence-corrected chi connectivity index (χ3v) is 2.20. The lowest BCUT2D eigenvalue weighted by Crippen LogP contribution is -2.23. The van der Waals surface area contributed by atoms with Crippen molar-refractivity contribution in [1.82, 2.24) is 5.32 Å². The predicted octanol–water partition coefficient (Wildman–Crippen LogP) is 1.53. The average molecular weight is 253 g/mol. The van der Waals surface area contributed by atoms with Crippen LogP contribution >= 0.6 is 0 Å². The highest BCUT2D eigenvalue weighted by atomic mass is 16.5. The topological polar surface area (TPSA) is 67.8 Å². The molecule has 0 radical (unpaired) electrons. The number of ether oxygens (including phenoxy) is 2. The van der Waals surface area contributed by atoms with E-state index in [1.165, 1.54) is 0 Å². The van der Waals surface area contributed by atoms with Crippen molar-refractivity contribution in [3.63, 3.8) is 0 Å². The maximum atomic E-state index is 10.3. The zero-order valence-corrected chi connectivity index (χ0v) is 10.5. The van der Waals surface area contributed by atoms with E-state index in [1.54, 1.807) is 0 Å². The van der Waals surface area contributed by atoms with Crippen LogP contribution in [0.25, 0.3) is 0 Å². The van der Waals surface area contributed by atoms with Crippen LogP contribution in [0.1, 0.15) is 13.3 Å². The molecule has 0 aliphatic heterocycles. The molecule has 0 saturated heterocycles. The summed E-state index contributed by atoms with van der Waals surface area (Å²) >= 11 is 0. The lowest BCUT2D eigenvalue weighted by Gasteiger charge is -2.08. The molecule has 18 heavy (non-hydrogen) atoms. The van der Waals surface area contributed by atoms with E-state index in [4.69, 9.17) is 14.6 Å². The van der Waals surface area contributed by atoms with Crippen LogP contribution in [0.15, 0.2) is 24.3 Å². The van der Waals surface area contributed by atoms with Crippen molar-refractivity contribution in [2.45, 2.75) is 13.3 Å². The zero-order chi connectivity index (χ0) is 13.2. The van der Waals surface area contributed by atoms with E-state index in [0.717, 1.165) is 11.5 Å². The van der Waals surface area contributed by atoms with Gasteiger partial charge in [-0.15, -0.1) is 0 Å². The first-order valence-electron chi connectivity index (χ1n) is 6.00. The van der Waals surface area contributed by atoms with Gasteiger partial charge in [0.15, 0.2) is 0 Å². The largest absolute Gasteiger partial charge is 0.494 e. The second-order valence-electron chi connectivity index (χ2n) is 3.65. The predicted molar refractivity (Wildman–Crippen MR) is 68.2 cm³/mol. The molecule has 0 saturated carbocycles. The smallest absolute Gasteiger partial charge is 0.304 e. The van der Waals surface area contributed by atoms with Crippen LogP contribution in [0.2, 0.25) is 0 Å². The lowest BCUT2D eigenvalue weighted by molar-refractivity contribution is -0.136. The molecule has 0 aliphatic rings. The number of benzene rings is 1. The van der Waals surface area contributed by atoms with Crippen molar-refractivity contribution in [2.24, 2.45) is 0 Å². The lowest BCUT2D eigenvalue weighted by atomic mass is 10.3. The van der Waals surface area contributed by atoms with Gasteiger partial charge in [0.25, 0.3) is 0 Å². The summed E-state index contributed by atoms with van der Waals surface area (Å²) in [6.07, 6.45) is 0.128. The third-order valence-electron chi connectivity index (χ3n) is 2.20. The van der Waals surface area contributed by atoms with Crippen molar-refractivity contribution in [3.05, 3.63) is 24.3 Å². The van der Waals surface area contributed by atoms with E-state index < -0.39 is 5.97 Å². The maximum absolute atomic E-state index is 10.3. The molecule has 1 aromatic rings. The van der Waals surface area contributed by atoms with Crippen molar-refractivity contribution in [1.29, 1.82) is 0 Å². The van der Waals surface area contributed by atoms with Crippen LogP contribution in [0.5, 0.6) is 11.5 Å². The Morgan fingerprint density at radius 3 is 2.33 bits per heavy atom. The molecular formula is C13H19NO4. The summed E-state index contributed by atoms with van der Waals surface area (Å²) in [5.74, 6) is 0.804. The van der Waals surface area contributed by atoms with Gasteiger partial charge in [-0.05, 0) is 31.2 Å². The van der Waals surface area contributed by atoms with Gasteiger partial charge in [-0.3, -0.25) is 4.79 Å². The SMILES string of the molecule is CCOc1ccc(OCCNCCC(=O)O)cc1. The van der Waals surface area contributed by atoms with Crippen LogP contribution in [-0.2, 0) is 4.79 Å². The van der Waals surface area contributed by atoms with E-state index in [0.29, 0.717) is 26.3 Å². The fourth-order valence-corrected chi connectivity index (χ4v) is 1.36. The molecular weight excluding hydrogens is 234 g/mol. The summed E-state index contributed by atoms with van der Waals surface area (Å²) in [6, 6.07) is 7.41. The van der Waals surface area contributed by atoms with Crippen molar-refractivity contribution < 1.29 is 19.4 Å². The van der Waals surface area contributed by atoms with E-state index >= 15 is 0 Å². The van der Waals surface area contributed by atoms with Crippen LogP contribution < -0.4 is 14.8 Å². The summed E-state index contributed by atoms with van der Waals surface area (Å²) in [7, 11) is 0. The van der Waals surface area contributed by atoms with Gasteiger partial charge >= 0.3 is 5.97 Å². The Morgan fingerprint density at radius 2 is 1.78 bits per heavy atom. The van der Waals surface area contributed by atoms with E-state index in [1.807, 2.05) is 31.2 Å². The highest BCUT2D eigenvalue weighted by Crippen LogP contribution is 2.17. The van der Waals surface area contributed by atoms with Gasteiger partial charge in [-0.2, -0.15) is 0 Å². The second kappa shape index (κ2) is 8.36. The van der Waals surface area contributed by atoms with Gasteiger partial charge in [0.2, 0.25) is 0 Å². The molecule has 1 rings (SSSR count). The number of hydrogen-bond donors (Lipinski definition) is 2. The van der Waals surface area contributed by atoms with Crippen LogP contribution in [-0.4, -0.2) is 37.4 Å². The van der Waals surface area contributed by atoms with Crippen LogP contribution in [0.3, 0.4) is 0 Å². The molecule has 2 N–H and O–H groups in total. The van der Waals surface area contributed by atoms with E-state index in [-0.39, 0.29) is 6.42 Å². The molecule has 0 atom stereocenters. The van der Waals surface area contributed by atoms with Crippen LogP contribution in [0.4, 0.5) is 0 Å². The second-order valence-corrected chi connectivity index (χ2v) is 3.65. The Kier molecular flexibility index (Phi) is 6.64. The molecule has 1 aromatic carbocycles. The van der Waals surface area contributed by atoms with Crippen molar-refractivity contribution in [2.75, 3.05) is 26.3 Å². The Hall–Kier alpha value is -1.75. The first-order valence-corrected chi connectivity index (χ1v) is 6.00. The summed E-state index contributed by atoms with van der Waals surface area (Å²) in [5, 5.41) is 11.4. The maximum Gasteiger partial charge on any atom is 0.304 e. The molecule has 5 heteroatoms. The Balaban J connectivity index is 2.13. The molecule has 0 aromatic heterocycles. The summed E-state index contributed by atoms with van der Waals surface area (Å²) < 4.78 is 10.8. The normalized spacial score (nSPS) is 10.1. The van der Waals surface area contributed by atoms with Gasteiger partial charge in [0, 0.05) is 13.1 Å². The van der Waals surface area contributed by atoms with Gasteiger partial charge in [-0.25, -0.2) is 0 Å². The molecule has 0 bridgehead atoms. The first kappa shape index (κ1) is 14.3. The number of carboxylic acids is 1. The van der Waals surface area contributed by atoms with Crippen molar-refractivity contribution in [3.8, 4) is 11.5 Å². The summed E-state index contributed by atoms with van der Waals surface area (Å²) in [6.45, 7) is 4.18. The molecule has 0 fully saturated rings. The van der Waals surface area contributed by atoms with E-state index in [9.17, 15) is 4.79 Å². The minimum Gasteiger partial charge on any atom is -0.494 e.